The van der Waals surface area contributed by atoms with Crippen LogP contribution in [0.25, 0.3) is 0 Å². The highest BCUT2D eigenvalue weighted by atomic mass is 16.4. The molecule has 5 nitrogen and oxygen atoms in total. The molecule has 1 atom stereocenters. The Kier molecular flexibility index (Phi) is 15.3. The highest BCUT2D eigenvalue weighted by molar-refractivity contribution is 5.81. The zero-order chi connectivity index (χ0) is 21.9. The second-order valence-corrected chi connectivity index (χ2v) is 8.63. The van der Waals surface area contributed by atoms with E-state index < -0.39 is 5.97 Å². The number of unbranched alkanes of at least 4 members (excludes halogenated alkanes) is 12. The Morgan fingerprint density at radius 2 is 1.53 bits per heavy atom. The van der Waals surface area contributed by atoms with Gasteiger partial charge in [-0.3, -0.25) is 0 Å². The minimum atomic E-state index is -0.801. The molecule has 1 aliphatic heterocycles. The first-order chi connectivity index (χ1) is 14.6. The third-order valence-electron chi connectivity index (χ3n) is 5.95. The average Bonchev–Trinajstić information content (AvgIpc) is 3.09. The Labute approximate surface area is 184 Å². The average molecular weight is 421 g/mol. The van der Waals surface area contributed by atoms with E-state index in [9.17, 15) is 9.90 Å². The smallest absolute Gasteiger partial charge is 0.360 e. The molecule has 1 heterocycles. The van der Waals surface area contributed by atoms with E-state index in [2.05, 4.69) is 24.1 Å². The normalized spacial score (nSPS) is 18.4. The summed E-state index contributed by atoms with van der Waals surface area (Å²) in [5.74, 6) is 0.159. The van der Waals surface area contributed by atoms with E-state index in [-0.39, 0.29) is 6.54 Å². The Morgan fingerprint density at radius 3 is 2.10 bits per heavy atom. The Morgan fingerprint density at radius 1 is 0.967 bits per heavy atom. The lowest BCUT2D eigenvalue weighted by molar-refractivity contribution is -0.778. The lowest BCUT2D eigenvalue weighted by Crippen LogP contribution is -2.52. The van der Waals surface area contributed by atoms with Crippen LogP contribution in [0.3, 0.4) is 0 Å². The minimum Gasteiger partial charge on any atom is -0.477 e. The van der Waals surface area contributed by atoms with Crippen LogP contribution in [0.2, 0.25) is 0 Å². The van der Waals surface area contributed by atoms with Crippen LogP contribution in [0.4, 0.5) is 0 Å². The molecule has 172 valence electrons. The Hall–Kier alpha value is -1.46. The van der Waals surface area contributed by atoms with Crippen molar-refractivity contribution in [1.82, 2.24) is 0 Å². The predicted octanol–water partition coefficient (Wildman–Crippen LogP) is 6.16. The number of carboxylic acid groups (broad SMARTS) is 1. The fourth-order valence-electron chi connectivity index (χ4n) is 4.16. The zero-order valence-corrected chi connectivity index (χ0v) is 19.4. The molecule has 0 aromatic heterocycles. The summed E-state index contributed by atoms with van der Waals surface area (Å²) < 4.78 is 0.305. The summed E-state index contributed by atoms with van der Waals surface area (Å²) in [5.41, 5.74) is 5.72. The van der Waals surface area contributed by atoms with E-state index in [1.807, 2.05) is 6.20 Å². The maximum atomic E-state index is 11.3. The summed E-state index contributed by atoms with van der Waals surface area (Å²) in [6.45, 7) is 3.37. The lowest BCUT2D eigenvalue weighted by Gasteiger charge is -2.30. The number of nitrogens with two attached hydrogens (primary N) is 1. The number of hydrogen-bond acceptors (Lipinski definition) is 3. The van der Waals surface area contributed by atoms with Crippen LogP contribution in [-0.4, -0.2) is 41.0 Å². The number of nitrogens with zero attached hydrogens (tertiary/aromatic N) is 2. The number of amidine groups is 1. The molecule has 0 bridgehead atoms. The van der Waals surface area contributed by atoms with Crippen LogP contribution < -0.4 is 5.73 Å². The van der Waals surface area contributed by atoms with Crippen LogP contribution in [0.15, 0.2) is 29.5 Å². The maximum Gasteiger partial charge on any atom is 0.360 e. The van der Waals surface area contributed by atoms with E-state index >= 15 is 0 Å². The first kappa shape index (κ1) is 26.6. The fourth-order valence-corrected chi connectivity index (χ4v) is 4.16. The second-order valence-electron chi connectivity index (χ2n) is 8.63. The van der Waals surface area contributed by atoms with Crippen molar-refractivity contribution in [3.05, 3.63) is 24.6 Å². The molecule has 0 amide bonds. The van der Waals surface area contributed by atoms with Gasteiger partial charge in [0.15, 0.2) is 6.54 Å². The van der Waals surface area contributed by atoms with Crippen molar-refractivity contribution in [2.24, 2.45) is 10.7 Å². The van der Waals surface area contributed by atoms with Crippen molar-refractivity contribution in [3.63, 3.8) is 0 Å². The molecule has 0 radical (unpaired) electrons. The third-order valence-corrected chi connectivity index (χ3v) is 5.95. The summed E-state index contributed by atoms with van der Waals surface area (Å²) in [5, 5.41) is 9.25. The van der Waals surface area contributed by atoms with Crippen molar-refractivity contribution in [1.29, 1.82) is 0 Å². The number of allylic oxidation sites excluding steroid dienone is 2. The van der Waals surface area contributed by atoms with Crippen molar-refractivity contribution in [3.8, 4) is 0 Å². The fraction of sp³-hybridized carbons (Fsp3) is 0.760. The summed E-state index contributed by atoms with van der Waals surface area (Å²) in [4.78, 5) is 15.7. The number of carboxylic acids is 1. The highest BCUT2D eigenvalue weighted by Gasteiger charge is 2.36. The molecule has 1 rings (SSSR count). The molecule has 0 aromatic carbocycles. The van der Waals surface area contributed by atoms with Gasteiger partial charge in [0.1, 0.15) is 12.7 Å². The van der Waals surface area contributed by atoms with E-state index in [0.717, 1.165) is 18.7 Å². The van der Waals surface area contributed by atoms with Gasteiger partial charge in [-0.05, 0) is 32.1 Å². The Bertz CT molecular complexity index is 543. The van der Waals surface area contributed by atoms with Gasteiger partial charge in [-0.25, -0.2) is 14.3 Å². The van der Waals surface area contributed by atoms with Crippen molar-refractivity contribution < 1.29 is 14.4 Å². The first-order valence-corrected chi connectivity index (χ1v) is 12.3. The number of quaternary nitrogens is 1. The van der Waals surface area contributed by atoms with Gasteiger partial charge in [-0.1, -0.05) is 76.9 Å². The molecule has 0 aromatic rings. The van der Waals surface area contributed by atoms with Gasteiger partial charge < -0.3 is 10.8 Å². The monoisotopic (exact) mass is 420 g/mol. The lowest BCUT2D eigenvalue weighted by atomic mass is 10.1. The summed E-state index contributed by atoms with van der Waals surface area (Å²) in [6.07, 6.45) is 27.3. The van der Waals surface area contributed by atoms with E-state index in [0.29, 0.717) is 17.6 Å². The van der Waals surface area contributed by atoms with Gasteiger partial charge in [0.05, 0.1) is 6.20 Å². The molecule has 0 saturated heterocycles. The minimum absolute atomic E-state index is 0.0422. The van der Waals surface area contributed by atoms with Crippen molar-refractivity contribution in [2.45, 2.75) is 103 Å². The van der Waals surface area contributed by atoms with E-state index in [4.69, 9.17) is 5.73 Å². The van der Waals surface area contributed by atoms with Crippen LogP contribution in [-0.2, 0) is 4.79 Å². The van der Waals surface area contributed by atoms with Crippen molar-refractivity contribution >= 4 is 11.8 Å². The molecule has 5 heteroatoms. The number of aliphatic imine (C=N–C) groups is 1. The van der Waals surface area contributed by atoms with Crippen molar-refractivity contribution in [2.75, 3.05) is 19.6 Å². The van der Waals surface area contributed by atoms with Crippen LogP contribution in [0.1, 0.15) is 103 Å². The topological polar surface area (TPSA) is 75.7 Å². The summed E-state index contributed by atoms with van der Waals surface area (Å²) in [6, 6.07) is 0. The maximum absolute atomic E-state index is 11.3. The standard InChI is InChI=1S/C25H45N3O2/c1-2-3-4-5-6-7-8-9-10-11-12-13-14-15-16-17-18-24-27-20-22-28(24,21-19-26)23-25(29)30/h7-8,20,22H,2-6,9-19,21,23,26H2,1H3/p+1/b8-7+. The number of carbonyl (C=O) groups is 1. The Balaban J connectivity index is 1.99. The molecule has 0 spiro atoms. The van der Waals surface area contributed by atoms with Crippen LogP contribution in [0, 0.1) is 0 Å². The van der Waals surface area contributed by atoms with E-state index in [1.165, 1.54) is 83.5 Å². The molecule has 1 unspecified atom stereocenters. The SMILES string of the molecule is CCCCCC/C=C/CCCCCCCCCCC1=NC=C[N+]1(CCN)CC(=O)O. The van der Waals surface area contributed by atoms with E-state index in [1.54, 1.807) is 6.20 Å². The number of aliphatic carboxylic acids is 1. The number of rotatable bonds is 20. The molecule has 30 heavy (non-hydrogen) atoms. The molecule has 0 aliphatic carbocycles. The van der Waals surface area contributed by atoms with Gasteiger partial charge in [-0.2, -0.15) is 0 Å². The molecule has 0 saturated carbocycles. The first-order valence-electron chi connectivity index (χ1n) is 12.3. The molecule has 3 N–H and O–H groups in total. The zero-order valence-electron chi connectivity index (χ0n) is 19.4. The quantitative estimate of drug-likeness (QED) is 0.141. The molecule has 1 aliphatic rings. The highest BCUT2D eigenvalue weighted by Crippen LogP contribution is 2.21. The molecular weight excluding hydrogens is 374 g/mol. The van der Waals surface area contributed by atoms with Gasteiger partial charge in [0, 0.05) is 13.0 Å². The molecular formula is C25H46N3O2+. The van der Waals surface area contributed by atoms with Gasteiger partial charge >= 0.3 is 5.97 Å². The van der Waals surface area contributed by atoms with Crippen LogP contribution >= 0.6 is 0 Å². The largest absolute Gasteiger partial charge is 0.477 e. The number of hydrogen-bond donors (Lipinski definition) is 2. The summed E-state index contributed by atoms with van der Waals surface area (Å²) >= 11 is 0. The van der Waals surface area contributed by atoms with Gasteiger partial charge in [0.2, 0.25) is 5.84 Å². The van der Waals surface area contributed by atoms with Gasteiger partial charge in [0.25, 0.3) is 0 Å². The van der Waals surface area contributed by atoms with Crippen LogP contribution in [0.5, 0.6) is 0 Å². The molecule has 0 fully saturated rings. The summed E-state index contributed by atoms with van der Waals surface area (Å²) in [7, 11) is 0. The predicted molar refractivity (Wildman–Crippen MR) is 127 cm³/mol. The third kappa shape index (κ3) is 11.7. The second kappa shape index (κ2) is 17.2. The van der Waals surface area contributed by atoms with Gasteiger partial charge in [-0.15, -0.1) is 0 Å².